The molecule has 0 radical (unpaired) electrons. The van der Waals surface area contributed by atoms with Crippen molar-refractivity contribution in [2.75, 3.05) is 0 Å². The summed E-state index contributed by atoms with van der Waals surface area (Å²) < 4.78 is 0. The molecule has 0 fully saturated rings. The van der Waals surface area contributed by atoms with E-state index >= 15 is 0 Å². The van der Waals surface area contributed by atoms with Gasteiger partial charge in [0.05, 0.1) is 6.42 Å². The molecule has 1 rings (SSSR count). The zero-order valence-corrected chi connectivity index (χ0v) is 6.62. The number of rotatable bonds is 4. The standard InChI is InChI=1S/C9H10O3/c10-8(5-6-9(11)12)7-3-1-2-4-7/h1,3-4H,2,5-6H2,(H,11,12). The third kappa shape index (κ3) is 2.34. The Labute approximate surface area is 70.4 Å². The van der Waals surface area contributed by atoms with Crippen LogP contribution in [0.4, 0.5) is 0 Å². The van der Waals surface area contributed by atoms with Gasteiger partial charge in [0.2, 0.25) is 0 Å². The number of hydrogen-bond donors (Lipinski definition) is 1. The highest BCUT2D eigenvalue weighted by Gasteiger charge is 2.10. The number of carbonyl (C=O) groups is 2. The van der Waals surface area contributed by atoms with Crippen LogP contribution in [-0.2, 0) is 9.59 Å². The van der Waals surface area contributed by atoms with Gasteiger partial charge in [-0.05, 0) is 6.42 Å². The van der Waals surface area contributed by atoms with Crippen molar-refractivity contribution in [2.24, 2.45) is 0 Å². The topological polar surface area (TPSA) is 54.4 Å². The second kappa shape index (κ2) is 3.85. The number of carboxylic acids is 1. The maximum atomic E-state index is 11.2. The van der Waals surface area contributed by atoms with Crippen LogP contribution in [0.3, 0.4) is 0 Å². The van der Waals surface area contributed by atoms with E-state index in [2.05, 4.69) is 0 Å². The number of ketones is 1. The van der Waals surface area contributed by atoms with Crippen molar-refractivity contribution in [3.05, 3.63) is 23.8 Å². The van der Waals surface area contributed by atoms with Gasteiger partial charge in [-0.2, -0.15) is 0 Å². The van der Waals surface area contributed by atoms with E-state index in [0.717, 1.165) is 6.42 Å². The van der Waals surface area contributed by atoms with E-state index in [9.17, 15) is 9.59 Å². The normalized spacial score (nSPS) is 14.5. The van der Waals surface area contributed by atoms with E-state index in [-0.39, 0.29) is 18.6 Å². The van der Waals surface area contributed by atoms with E-state index < -0.39 is 5.97 Å². The van der Waals surface area contributed by atoms with Crippen LogP contribution >= 0.6 is 0 Å². The Hall–Kier alpha value is -1.38. The van der Waals surface area contributed by atoms with E-state index in [0.29, 0.717) is 5.57 Å². The van der Waals surface area contributed by atoms with Gasteiger partial charge in [0.15, 0.2) is 5.78 Å². The Morgan fingerprint density at radius 3 is 2.67 bits per heavy atom. The first-order valence-corrected chi connectivity index (χ1v) is 3.82. The monoisotopic (exact) mass is 166 g/mol. The molecule has 64 valence electrons. The summed E-state index contributed by atoms with van der Waals surface area (Å²) in [6, 6.07) is 0. The molecule has 0 aliphatic heterocycles. The molecule has 0 spiro atoms. The highest BCUT2D eigenvalue weighted by atomic mass is 16.4. The van der Waals surface area contributed by atoms with Crippen LogP contribution in [0.15, 0.2) is 23.8 Å². The fraction of sp³-hybridized carbons (Fsp3) is 0.333. The highest BCUT2D eigenvalue weighted by molar-refractivity contribution is 5.99. The molecule has 3 nitrogen and oxygen atoms in total. The van der Waals surface area contributed by atoms with Gasteiger partial charge in [-0.3, -0.25) is 9.59 Å². The fourth-order valence-corrected chi connectivity index (χ4v) is 1.03. The largest absolute Gasteiger partial charge is 0.481 e. The molecule has 3 heteroatoms. The predicted octanol–water partition coefficient (Wildman–Crippen LogP) is 1.31. The number of carboxylic acid groups (broad SMARTS) is 1. The van der Waals surface area contributed by atoms with Gasteiger partial charge in [-0.15, -0.1) is 0 Å². The van der Waals surface area contributed by atoms with Gasteiger partial charge >= 0.3 is 5.97 Å². The second-order valence-corrected chi connectivity index (χ2v) is 2.61. The van der Waals surface area contributed by atoms with E-state index in [1.807, 2.05) is 12.2 Å². The average Bonchev–Trinajstić information content (AvgIpc) is 2.51. The first kappa shape index (κ1) is 8.71. The van der Waals surface area contributed by atoms with Gasteiger partial charge in [-0.25, -0.2) is 0 Å². The number of hydrogen-bond acceptors (Lipinski definition) is 2. The molecule has 12 heavy (non-hydrogen) atoms. The fourth-order valence-electron chi connectivity index (χ4n) is 1.03. The van der Waals surface area contributed by atoms with Gasteiger partial charge in [0.25, 0.3) is 0 Å². The lowest BCUT2D eigenvalue weighted by molar-refractivity contribution is -0.138. The van der Waals surface area contributed by atoms with E-state index in [1.165, 1.54) is 0 Å². The number of Topliss-reactive ketones (excluding diaryl/α,β-unsaturated/α-hetero) is 1. The SMILES string of the molecule is O=C(O)CCC(=O)C1=CCC=C1. The zero-order chi connectivity index (χ0) is 8.97. The van der Waals surface area contributed by atoms with Crippen LogP contribution in [0.5, 0.6) is 0 Å². The van der Waals surface area contributed by atoms with Crippen molar-refractivity contribution in [3.63, 3.8) is 0 Å². The van der Waals surface area contributed by atoms with Crippen molar-refractivity contribution < 1.29 is 14.7 Å². The first-order chi connectivity index (χ1) is 5.70. The Balaban J connectivity index is 2.38. The van der Waals surface area contributed by atoms with Crippen LogP contribution < -0.4 is 0 Å². The third-order valence-electron chi connectivity index (χ3n) is 1.66. The molecule has 1 aliphatic rings. The molecule has 0 saturated carbocycles. The van der Waals surface area contributed by atoms with Crippen LogP contribution in [0, 0.1) is 0 Å². The minimum Gasteiger partial charge on any atom is -0.481 e. The van der Waals surface area contributed by atoms with Crippen LogP contribution in [0.1, 0.15) is 19.3 Å². The molecule has 0 aromatic heterocycles. The van der Waals surface area contributed by atoms with Crippen molar-refractivity contribution in [3.8, 4) is 0 Å². The quantitative estimate of drug-likeness (QED) is 0.685. The molecule has 0 unspecified atom stereocenters. The molecular formula is C9H10O3. The molecule has 0 saturated heterocycles. The molecule has 0 bridgehead atoms. The van der Waals surface area contributed by atoms with Crippen LogP contribution in [-0.4, -0.2) is 16.9 Å². The summed E-state index contributed by atoms with van der Waals surface area (Å²) >= 11 is 0. The molecule has 0 aromatic rings. The molecule has 1 aliphatic carbocycles. The molecule has 0 amide bonds. The van der Waals surface area contributed by atoms with Gasteiger partial charge in [0.1, 0.15) is 0 Å². The van der Waals surface area contributed by atoms with Crippen LogP contribution in [0.2, 0.25) is 0 Å². The maximum Gasteiger partial charge on any atom is 0.303 e. The molecule has 0 aromatic carbocycles. The summed E-state index contributed by atoms with van der Waals surface area (Å²) in [4.78, 5) is 21.3. The lowest BCUT2D eigenvalue weighted by Gasteiger charge is -1.95. The average molecular weight is 166 g/mol. The van der Waals surface area contributed by atoms with Gasteiger partial charge in [0, 0.05) is 12.0 Å². The summed E-state index contributed by atoms with van der Waals surface area (Å²) in [6.45, 7) is 0. The summed E-state index contributed by atoms with van der Waals surface area (Å²) in [5.41, 5.74) is 0.649. The summed E-state index contributed by atoms with van der Waals surface area (Å²) in [5, 5.41) is 8.32. The summed E-state index contributed by atoms with van der Waals surface area (Å²) in [6.07, 6.45) is 6.24. The minimum atomic E-state index is -0.925. The summed E-state index contributed by atoms with van der Waals surface area (Å²) in [7, 11) is 0. The van der Waals surface area contributed by atoms with Crippen LogP contribution in [0.25, 0.3) is 0 Å². The summed E-state index contributed by atoms with van der Waals surface area (Å²) in [5.74, 6) is -1.00. The smallest absolute Gasteiger partial charge is 0.303 e. The Kier molecular flexibility index (Phi) is 2.80. The van der Waals surface area contributed by atoms with Crippen molar-refractivity contribution in [2.45, 2.75) is 19.3 Å². The highest BCUT2D eigenvalue weighted by Crippen LogP contribution is 2.12. The number of allylic oxidation sites excluding steroid dienone is 4. The Bertz CT molecular complexity index is 261. The Morgan fingerprint density at radius 2 is 2.17 bits per heavy atom. The minimum absolute atomic E-state index is 0.0776. The predicted molar refractivity (Wildman–Crippen MR) is 43.7 cm³/mol. The van der Waals surface area contributed by atoms with Crippen molar-refractivity contribution in [1.82, 2.24) is 0 Å². The molecular weight excluding hydrogens is 156 g/mol. The molecule has 1 N–H and O–H groups in total. The van der Waals surface area contributed by atoms with E-state index in [4.69, 9.17) is 5.11 Å². The van der Waals surface area contributed by atoms with Gasteiger partial charge < -0.3 is 5.11 Å². The van der Waals surface area contributed by atoms with Gasteiger partial charge in [-0.1, -0.05) is 18.2 Å². The number of aliphatic carboxylic acids is 1. The molecule has 0 atom stereocenters. The zero-order valence-electron chi connectivity index (χ0n) is 6.62. The maximum absolute atomic E-state index is 11.2. The third-order valence-corrected chi connectivity index (χ3v) is 1.66. The molecule has 0 heterocycles. The lowest BCUT2D eigenvalue weighted by atomic mass is 10.1. The first-order valence-electron chi connectivity index (χ1n) is 3.82. The van der Waals surface area contributed by atoms with E-state index in [1.54, 1.807) is 6.08 Å². The lowest BCUT2D eigenvalue weighted by Crippen LogP contribution is -2.03. The van der Waals surface area contributed by atoms with Crippen molar-refractivity contribution >= 4 is 11.8 Å². The number of carbonyl (C=O) groups excluding carboxylic acids is 1. The second-order valence-electron chi connectivity index (χ2n) is 2.61. The van der Waals surface area contributed by atoms with Crippen molar-refractivity contribution in [1.29, 1.82) is 0 Å². The Morgan fingerprint density at radius 1 is 1.42 bits per heavy atom.